The first-order chi connectivity index (χ1) is 12.6. The van der Waals surface area contributed by atoms with Gasteiger partial charge in [-0.3, -0.25) is 4.79 Å². The highest BCUT2D eigenvalue weighted by Gasteiger charge is 2.39. The molecule has 1 unspecified atom stereocenters. The summed E-state index contributed by atoms with van der Waals surface area (Å²) in [4.78, 5) is 26.0. The van der Waals surface area contributed by atoms with Crippen molar-refractivity contribution in [2.24, 2.45) is 5.92 Å². The summed E-state index contributed by atoms with van der Waals surface area (Å²) in [5.41, 5.74) is 1.03. The predicted octanol–water partition coefficient (Wildman–Crippen LogP) is 2.39. The molecule has 7 nitrogen and oxygen atoms in total. The van der Waals surface area contributed by atoms with Crippen molar-refractivity contribution in [2.75, 3.05) is 20.3 Å². The number of nitrogens with one attached hydrogen (secondary N) is 1. The van der Waals surface area contributed by atoms with Crippen molar-refractivity contribution in [3.05, 3.63) is 29.8 Å². The van der Waals surface area contributed by atoms with E-state index in [2.05, 4.69) is 5.32 Å². The number of amides is 2. The summed E-state index contributed by atoms with van der Waals surface area (Å²) in [5.74, 6) is 0.425. The van der Waals surface area contributed by atoms with Gasteiger partial charge in [-0.15, -0.1) is 0 Å². The maximum atomic E-state index is 12.4. The van der Waals surface area contributed by atoms with Crippen LogP contribution < -0.4 is 10.1 Å². The van der Waals surface area contributed by atoms with Gasteiger partial charge in [-0.25, -0.2) is 4.79 Å². The van der Waals surface area contributed by atoms with E-state index in [4.69, 9.17) is 14.7 Å². The Kier molecular flexibility index (Phi) is 5.61. The van der Waals surface area contributed by atoms with Gasteiger partial charge in [-0.2, -0.15) is 5.26 Å². The van der Waals surface area contributed by atoms with Crippen molar-refractivity contribution in [1.82, 2.24) is 10.2 Å². The molecule has 3 rings (SSSR count). The summed E-state index contributed by atoms with van der Waals surface area (Å²) in [6, 6.07) is 9.49. The monoisotopic (exact) mass is 357 g/mol. The normalized spacial score (nSPS) is 25.3. The Hall–Kier alpha value is -2.75. The van der Waals surface area contributed by atoms with Crippen molar-refractivity contribution in [2.45, 2.75) is 37.8 Å². The molecule has 26 heavy (non-hydrogen) atoms. The number of hydrogen-bond acceptors (Lipinski definition) is 5. The molecule has 1 aliphatic carbocycles. The molecule has 1 N–H and O–H groups in total. The maximum absolute atomic E-state index is 12.4. The Balaban J connectivity index is 1.68. The molecule has 2 aliphatic rings. The van der Waals surface area contributed by atoms with Gasteiger partial charge in [0.2, 0.25) is 0 Å². The third-order valence-electron chi connectivity index (χ3n) is 5.21. The maximum Gasteiger partial charge on any atom is 0.318 e. The molecule has 0 aromatic heterocycles. The molecule has 1 aromatic rings. The molecule has 0 spiro atoms. The van der Waals surface area contributed by atoms with Crippen molar-refractivity contribution in [1.29, 1.82) is 5.26 Å². The highest BCUT2D eigenvalue weighted by molar-refractivity contribution is 5.78. The van der Waals surface area contributed by atoms with Gasteiger partial charge in [-0.05, 0) is 43.4 Å². The van der Waals surface area contributed by atoms with Crippen molar-refractivity contribution in [3.63, 3.8) is 0 Å². The average Bonchev–Trinajstić information content (AvgIpc) is 3.07. The number of methoxy groups -OCH3 is 1. The molecule has 1 aromatic carbocycles. The Morgan fingerprint density at radius 1 is 1.27 bits per heavy atom. The van der Waals surface area contributed by atoms with Crippen molar-refractivity contribution < 1.29 is 19.1 Å². The Morgan fingerprint density at radius 2 is 1.96 bits per heavy atom. The first-order valence-corrected chi connectivity index (χ1v) is 8.87. The minimum Gasteiger partial charge on any atom is -0.479 e. The summed E-state index contributed by atoms with van der Waals surface area (Å²) in [6.45, 7) is 0.576. The zero-order chi connectivity index (χ0) is 18.5. The number of hydrogen-bond donors (Lipinski definition) is 1. The van der Waals surface area contributed by atoms with Crippen LogP contribution in [0.1, 0.15) is 37.3 Å². The van der Waals surface area contributed by atoms with Gasteiger partial charge in [0, 0.05) is 12.6 Å². The fraction of sp³-hybridized carbons (Fsp3) is 0.526. The van der Waals surface area contributed by atoms with Crippen LogP contribution in [0.5, 0.6) is 5.75 Å². The number of carbonyl (C=O) groups is 2. The lowest BCUT2D eigenvalue weighted by molar-refractivity contribution is -0.146. The first-order valence-electron chi connectivity index (χ1n) is 8.87. The van der Waals surface area contributed by atoms with Crippen LogP contribution in [-0.2, 0) is 9.53 Å². The Morgan fingerprint density at radius 3 is 2.58 bits per heavy atom. The summed E-state index contributed by atoms with van der Waals surface area (Å²) < 4.78 is 10.1. The van der Waals surface area contributed by atoms with Crippen LogP contribution >= 0.6 is 0 Å². The third-order valence-corrected chi connectivity index (χ3v) is 5.21. The number of esters is 1. The van der Waals surface area contributed by atoms with Gasteiger partial charge in [0.1, 0.15) is 11.8 Å². The molecule has 0 radical (unpaired) electrons. The number of nitriles is 1. The number of benzene rings is 1. The molecule has 1 saturated carbocycles. The molecule has 1 atom stereocenters. The van der Waals surface area contributed by atoms with Gasteiger partial charge >= 0.3 is 12.0 Å². The van der Waals surface area contributed by atoms with E-state index in [-0.39, 0.29) is 36.6 Å². The quantitative estimate of drug-likeness (QED) is 0.817. The summed E-state index contributed by atoms with van der Waals surface area (Å²) >= 11 is 0. The molecule has 1 aliphatic heterocycles. The minimum absolute atomic E-state index is 0.0123. The number of urea groups is 1. The molecular weight excluding hydrogens is 334 g/mol. The molecule has 138 valence electrons. The van der Waals surface area contributed by atoms with Gasteiger partial charge < -0.3 is 19.7 Å². The van der Waals surface area contributed by atoms with Crippen LogP contribution in [0.3, 0.4) is 0 Å². The van der Waals surface area contributed by atoms with E-state index in [1.54, 1.807) is 0 Å². The highest BCUT2D eigenvalue weighted by atomic mass is 16.5. The molecule has 1 saturated heterocycles. The smallest absolute Gasteiger partial charge is 0.318 e. The summed E-state index contributed by atoms with van der Waals surface area (Å²) in [5, 5.41) is 11.5. The second kappa shape index (κ2) is 8.09. The lowest BCUT2D eigenvalue weighted by Crippen LogP contribution is -2.42. The first kappa shape index (κ1) is 18.1. The SMILES string of the molecule is COC(=O)[C@H]1CC[C@H](N2C(=O)NCC2c2ccc(OCC#N)cc2)CC1. The lowest BCUT2D eigenvalue weighted by atomic mass is 9.84. The van der Waals surface area contributed by atoms with Gasteiger partial charge in [-0.1, -0.05) is 12.1 Å². The third kappa shape index (κ3) is 3.74. The molecule has 7 heteroatoms. The standard InChI is InChI=1S/C19H23N3O4/c1-25-18(23)14-2-6-15(7-3-14)22-17(12-21-19(22)24)13-4-8-16(9-5-13)26-11-10-20/h4-5,8-9,14-15,17H,2-3,6-7,11-12H2,1H3,(H,21,24)/t14-,15-,17?. The molecule has 2 fully saturated rings. The van der Waals surface area contributed by atoms with Crippen LogP contribution in [0.25, 0.3) is 0 Å². The van der Waals surface area contributed by atoms with Crippen LogP contribution in [0, 0.1) is 17.2 Å². The molecule has 1 heterocycles. The van der Waals surface area contributed by atoms with Crippen molar-refractivity contribution >= 4 is 12.0 Å². The predicted molar refractivity (Wildman–Crippen MR) is 93.3 cm³/mol. The van der Waals surface area contributed by atoms with E-state index in [0.717, 1.165) is 31.2 Å². The van der Waals surface area contributed by atoms with E-state index in [9.17, 15) is 9.59 Å². The van der Waals surface area contributed by atoms with E-state index in [0.29, 0.717) is 12.3 Å². The minimum atomic E-state index is -0.154. The average molecular weight is 357 g/mol. The zero-order valence-corrected chi connectivity index (χ0v) is 14.8. The van der Waals surface area contributed by atoms with Crippen LogP contribution in [-0.4, -0.2) is 43.2 Å². The Bertz CT molecular complexity index is 690. The van der Waals surface area contributed by atoms with E-state index >= 15 is 0 Å². The molecular formula is C19H23N3O4. The van der Waals surface area contributed by atoms with Gasteiger partial charge in [0.25, 0.3) is 0 Å². The second-order valence-electron chi connectivity index (χ2n) is 6.65. The fourth-order valence-corrected chi connectivity index (χ4v) is 3.87. The largest absolute Gasteiger partial charge is 0.479 e. The number of nitrogens with zero attached hydrogens (tertiary/aromatic N) is 2. The number of ether oxygens (including phenoxy) is 2. The lowest BCUT2D eigenvalue weighted by Gasteiger charge is -2.36. The van der Waals surface area contributed by atoms with Crippen LogP contribution in [0.15, 0.2) is 24.3 Å². The summed E-state index contributed by atoms with van der Waals surface area (Å²) in [6.07, 6.45) is 3.09. The van der Waals surface area contributed by atoms with Gasteiger partial charge in [0.05, 0.1) is 19.1 Å². The Labute approximate surface area is 152 Å². The van der Waals surface area contributed by atoms with Gasteiger partial charge in [0.15, 0.2) is 6.61 Å². The zero-order valence-electron chi connectivity index (χ0n) is 14.8. The van der Waals surface area contributed by atoms with Crippen molar-refractivity contribution in [3.8, 4) is 11.8 Å². The summed E-state index contributed by atoms with van der Waals surface area (Å²) in [7, 11) is 1.42. The molecule has 0 bridgehead atoms. The number of carbonyl (C=O) groups excluding carboxylic acids is 2. The van der Waals surface area contributed by atoms with Crippen LogP contribution in [0.4, 0.5) is 4.79 Å². The number of rotatable bonds is 5. The topological polar surface area (TPSA) is 91.7 Å². The second-order valence-corrected chi connectivity index (χ2v) is 6.65. The van der Waals surface area contributed by atoms with Crippen LogP contribution in [0.2, 0.25) is 0 Å². The van der Waals surface area contributed by atoms with E-state index in [1.165, 1.54) is 7.11 Å². The molecule has 2 amide bonds. The van der Waals surface area contributed by atoms with E-state index < -0.39 is 0 Å². The van der Waals surface area contributed by atoms with E-state index in [1.807, 2.05) is 35.2 Å². The highest BCUT2D eigenvalue weighted by Crippen LogP contribution is 2.35. The fourth-order valence-electron chi connectivity index (χ4n) is 3.87.